The molecule has 8 heteroatoms. The van der Waals surface area contributed by atoms with Crippen LogP contribution in [0.2, 0.25) is 5.02 Å². The molecule has 0 radical (unpaired) electrons. The van der Waals surface area contributed by atoms with Gasteiger partial charge in [-0.2, -0.15) is 15.1 Å². The molecule has 2 aromatic heterocycles. The number of hydrogen-bond donors (Lipinski definition) is 3. The fourth-order valence-electron chi connectivity index (χ4n) is 2.70. The molecule has 7 nitrogen and oxygen atoms in total. The lowest BCUT2D eigenvalue weighted by molar-refractivity contribution is 0.659. The van der Waals surface area contributed by atoms with Crippen molar-refractivity contribution < 1.29 is 0 Å². The van der Waals surface area contributed by atoms with Crippen molar-refractivity contribution in [3.05, 3.63) is 40.5 Å². The first-order valence-corrected chi connectivity index (χ1v) is 9.06. The summed E-state index contributed by atoms with van der Waals surface area (Å²) < 4.78 is 1.72. The van der Waals surface area contributed by atoms with Crippen molar-refractivity contribution >= 4 is 34.4 Å². The minimum atomic E-state index is -0.186. The van der Waals surface area contributed by atoms with Gasteiger partial charge in [-0.3, -0.25) is 4.68 Å². The van der Waals surface area contributed by atoms with Gasteiger partial charge in [0.05, 0.1) is 17.7 Å². The fourth-order valence-corrected chi connectivity index (χ4v) is 2.91. The third kappa shape index (κ3) is 4.05. The lowest BCUT2D eigenvalue weighted by Gasteiger charge is -2.14. The van der Waals surface area contributed by atoms with Gasteiger partial charge in [-0.1, -0.05) is 37.1 Å². The Hall–Kier alpha value is -2.38. The van der Waals surface area contributed by atoms with Crippen molar-refractivity contribution in [1.29, 1.82) is 0 Å². The van der Waals surface area contributed by atoms with E-state index >= 15 is 0 Å². The van der Waals surface area contributed by atoms with Crippen molar-refractivity contribution in [3.8, 4) is 0 Å². The van der Waals surface area contributed by atoms with Gasteiger partial charge in [-0.25, -0.2) is 0 Å². The smallest absolute Gasteiger partial charge is 0.227 e. The first-order chi connectivity index (χ1) is 12.5. The van der Waals surface area contributed by atoms with E-state index < -0.39 is 0 Å². The van der Waals surface area contributed by atoms with Gasteiger partial charge in [0.1, 0.15) is 5.82 Å². The van der Waals surface area contributed by atoms with E-state index in [1.165, 1.54) is 0 Å². The molecule has 138 valence electrons. The molecule has 1 unspecified atom stereocenters. The van der Waals surface area contributed by atoms with Gasteiger partial charge in [-0.05, 0) is 30.5 Å². The van der Waals surface area contributed by atoms with Crippen LogP contribution in [0.25, 0.3) is 11.0 Å². The Morgan fingerprint density at radius 3 is 2.85 bits per heavy atom. The number of nitrogens with one attached hydrogen (secondary N) is 2. The molecule has 0 fully saturated rings. The van der Waals surface area contributed by atoms with E-state index in [-0.39, 0.29) is 6.17 Å². The Kier molecular flexibility index (Phi) is 5.58. The number of benzene rings is 1. The number of rotatable bonds is 7. The minimum absolute atomic E-state index is 0.186. The van der Waals surface area contributed by atoms with Crippen LogP contribution in [0.4, 0.5) is 11.8 Å². The zero-order valence-electron chi connectivity index (χ0n) is 15.3. The zero-order valence-corrected chi connectivity index (χ0v) is 16.0. The predicted molar refractivity (Wildman–Crippen MR) is 106 cm³/mol. The summed E-state index contributed by atoms with van der Waals surface area (Å²) in [7, 11) is 1.86. The molecule has 0 aliphatic rings. The largest absolute Gasteiger partial charge is 0.365 e. The molecule has 1 aromatic carbocycles. The van der Waals surface area contributed by atoms with Crippen LogP contribution < -0.4 is 16.4 Å². The molecule has 0 aliphatic carbocycles. The molecule has 1 atom stereocenters. The molecule has 26 heavy (non-hydrogen) atoms. The monoisotopic (exact) mass is 373 g/mol. The van der Waals surface area contributed by atoms with E-state index in [1.54, 1.807) is 10.9 Å². The number of nitrogens with zero attached hydrogens (tertiary/aromatic N) is 4. The average molecular weight is 374 g/mol. The number of hydrogen-bond acceptors (Lipinski definition) is 6. The standard InChI is InChI=1S/C18H24ClN7/c1-4-5-15(20)23-18-24-16(13-10-22-26(3)17(13)25-18)21-9-12-7-6-11(2)14(19)8-12/h6-8,10,15H,4-5,9,20H2,1-3H3,(H2,21,23,24,25). The van der Waals surface area contributed by atoms with E-state index in [2.05, 4.69) is 32.6 Å². The average Bonchev–Trinajstić information content (AvgIpc) is 2.97. The highest BCUT2D eigenvalue weighted by molar-refractivity contribution is 6.31. The zero-order chi connectivity index (χ0) is 18.7. The van der Waals surface area contributed by atoms with Crippen LogP contribution in [0.1, 0.15) is 30.9 Å². The Balaban J connectivity index is 1.86. The van der Waals surface area contributed by atoms with Gasteiger partial charge in [0, 0.05) is 18.6 Å². The second kappa shape index (κ2) is 7.88. The molecule has 3 aromatic rings. The van der Waals surface area contributed by atoms with Crippen LogP contribution in [0, 0.1) is 6.92 Å². The van der Waals surface area contributed by atoms with Gasteiger partial charge in [0.15, 0.2) is 5.65 Å². The number of fused-ring (bicyclic) bond motifs is 1. The van der Waals surface area contributed by atoms with Crippen LogP contribution in [0.15, 0.2) is 24.4 Å². The van der Waals surface area contributed by atoms with Gasteiger partial charge in [0.25, 0.3) is 0 Å². The summed E-state index contributed by atoms with van der Waals surface area (Å²) in [5.74, 6) is 1.21. The fraction of sp³-hybridized carbons (Fsp3) is 0.389. The van der Waals surface area contributed by atoms with Gasteiger partial charge in [-0.15, -0.1) is 0 Å². The second-order valence-corrected chi connectivity index (χ2v) is 6.79. The van der Waals surface area contributed by atoms with Gasteiger partial charge < -0.3 is 16.4 Å². The third-order valence-corrected chi connectivity index (χ3v) is 4.61. The maximum Gasteiger partial charge on any atom is 0.227 e. The first kappa shape index (κ1) is 18.4. The molecule has 0 saturated heterocycles. The quantitative estimate of drug-likeness (QED) is 0.549. The Labute approximate surface area is 158 Å². The van der Waals surface area contributed by atoms with Crippen LogP contribution in [-0.4, -0.2) is 25.9 Å². The number of aromatic nitrogens is 4. The van der Waals surface area contributed by atoms with Crippen molar-refractivity contribution in [2.45, 2.75) is 39.4 Å². The highest BCUT2D eigenvalue weighted by atomic mass is 35.5. The molecule has 2 heterocycles. The van der Waals surface area contributed by atoms with Crippen LogP contribution in [0.5, 0.6) is 0 Å². The van der Waals surface area contributed by atoms with E-state index in [9.17, 15) is 0 Å². The number of nitrogens with two attached hydrogens (primary N) is 1. The number of halogens is 1. The summed E-state index contributed by atoms with van der Waals surface area (Å²) >= 11 is 6.22. The van der Waals surface area contributed by atoms with Crippen LogP contribution in [0.3, 0.4) is 0 Å². The molecule has 4 N–H and O–H groups in total. The predicted octanol–water partition coefficient (Wildman–Crippen LogP) is 3.43. The molecule has 3 rings (SSSR count). The Morgan fingerprint density at radius 2 is 2.12 bits per heavy atom. The first-order valence-electron chi connectivity index (χ1n) is 8.68. The summed E-state index contributed by atoms with van der Waals surface area (Å²) in [6.45, 7) is 4.68. The van der Waals surface area contributed by atoms with Crippen molar-refractivity contribution in [2.24, 2.45) is 12.8 Å². The van der Waals surface area contributed by atoms with Crippen molar-refractivity contribution in [3.63, 3.8) is 0 Å². The number of anilines is 2. The van der Waals surface area contributed by atoms with E-state index in [1.807, 2.05) is 32.2 Å². The summed E-state index contributed by atoms with van der Waals surface area (Å²) in [4.78, 5) is 9.13. The maximum absolute atomic E-state index is 6.22. The summed E-state index contributed by atoms with van der Waals surface area (Å²) in [6.07, 6.45) is 3.41. The van der Waals surface area contributed by atoms with Crippen molar-refractivity contribution in [1.82, 2.24) is 19.7 Å². The Morgan fingerprint density at radius 1 is 1.31 bits per heavy atom. The molecule has 0 spiro atoms. The molecular formula is C18H24ClN7. The number of aryl methyl sites for hydroxylation is 2. The minimum Gasteiger partial charge on any atom is -0.365 e. The van der Waals surface area contributed by atoms with Gasteiger partial charge >= 0.3 is 0 Å². The van der Waals surface area contributed by atoms with Gasteiger partial charge in [0.2, 0.25) is 5.95 Å². The molecule has 0 aliphatic heterocycles. The SMILES string of the molecule is CCCC(N)Nc1nc(NCc2ccc(C)c(Cl)c2)c2cnn(C)c2n1. The molecule has 0 saturated carbocycles. The molecule has 0 amide bonds. The summed E-state index contributed by atoms with van der Waals surface area (Å²) in [6, 6.07) is 6.02. The van der Waals surface area contributed by atoms with E-state index in [0.717, 1.165) is 40.0 Å². The molecular weight excluding hydrogens is 350 g/mol. The maximum atomic E-state index is 6.22. The normalized spacial score (nSPS) is 12.3. The van der Waals surface area contributed by atoms with Crippen LogP contribution >= 0.6 is 11.6 Å². The Bertz CT molecular complexity index is 906. The van der Waals surface area contributed by atoms with E-state index in [0.29, 0.717) is 18.3 Å². The third-order valence-electron chi connectivity index (χ3n) is 4.20. The molecule has 0 bridgehead atoms. The topological polar surface area (TPSA) is 93.7 Å². The lowest BCUT2D eigenvalue weighted by atomic mass is 10.1. The van der Waals surface area contributed by atoms with Crippen LogP contribution in [-0.2, 0) is 13.6 Å². The second-order valence-electron chi connectivity index (χ2n) is 6.38. The lowest BCUT2D eigenvalue weighted by Crippen LogP contribution is -2.30. The highest BCUT2D eigenvalue weighted by Gasteiger charge is 2.13. The summed E-state index contributed by atoms with van der Waals surface area (Å²) in [5.41, 5.74) is 8.95. The van der Waals surface area contributed by atoms with E-state index in [4.69, 9.17) is 17.3 Å². The van der Waals surface area contributed by atoms with Crippen molar-refractivity contribution in [2.75, 3.05) is 10.6 Å². The highest BCUT2D eigenvalue weighted by Crippen LogP contribution is 2.23. The summed E-state index contributed by atoms with van der Waals surface area (Å²) in [5, 5.41) is 12.4.